The number of methoxy groups -OCH3 is 2. The highest BCUT2D eigenvalue weighted by Gasteiger charge is 2.09. The molecule has 0 fully saturated rings. The number of aromatic nitrogens is 2. The van der Waals surface area contributed by atoms with Crippen LogP contribution in [-0.2, 0) is 0 Å². The summed E-state index contributed by atoms with van der Waals surface area (Å²) >= 11 is 1.58. The van der Waals surface area contributed by atoms with E-state index in [2.05, 4.69) is 9.97 Å². The van der Waals surface area contributed by atoms with Crippen LogP contribution in [0.5, 0.6) is 11.5 Å². The Kier molecular flexibility index (Phi) is 3.39. The topological polar surface area (TPSA) is 57.4 Å². The Bertz CT molecular complexity index is 706. The van der Waals surface area contributed by atoms with Crippen LogP contribution in [0.25, 0.3) is 22.4 Å². The second kappa shape index (κ2) is 5.34. The molecule has 5 nitrogen and oxygen atoms in total. The van der Waals surface area contributed by atoms with E-state index < -0.39 is 0 Å². The second-order valence-corrected chi connectivity index (χ2v) is 5.04. The van der Waals surface area contributed by atoms with Crippen molar-refractivity contribution in [3.8, 4) is 11.5 Å². The quantitative estimate of drug-likeness (QED) is 0.735. The highest BCUT2D eigenvalue weighted by Crippen LogP contribution is 2.35. The van der Waals surface area contributed by atoms with Crippen molar-refractivity contribution < 1.29 is 13.9 Å². The van der Waals surface area contributed by atoms with E-state index in [1.165, 1.54) is 6.39 Å². The average molecular weight is 288 g/mol. The van der Waals surface area contributed by atoms with E-state index in [1.54, 1.807) is 31.8 Å². The molecule has 0 radical (unpaired) electrons. The molecule has 0 N–H and O–H groups in total. The number of hydrogen-bond acceptors (Lipinski definition) is 6. The summed E-state index contributed by atoms with van der Waals surface area (Å²) in [6.45, 7) is 0. The Labute approximate surface area is 119 Å². The van der Waals surface area contributed by atoms with Crippen molar-refractivity contribution in [2.24, 2.45) is 0 Å². The van der Waals surface area contributed by atoms with Gasteiger partial charge in [-0.15, -0.1) is 11.3 Å². The van der Waals surface area contributed by atoms with Gasteiger partial charge < -0.3 is 13.9 Å². The maximum Gasteiger partial charge on any atom is 0.181 e. The average Bonchev–Trinajstić information content (AvgIpc) is 3.11. The Morgan fingerprint density at radius 3 is 2.65 bits per heavy atom. The first-order chi connectivity index (χ1) is 9.80. The normalized spacial score (nSPS) is 11.3. The van der Waals surface area contributed by atoms with Crippen molar-refractivity contribution in [2.45, 2.75) is 0 Å². The van der Waals surface area contributed by atoms with Gasteiger partial charge in [-0.1, -0.05) is 0 Å². The first-order valence-corrected chi connectivity index (χ1v) is 6.70. The molecule has 0 amide bonds. The van der Waals surface area contributed by atoms with E-state index in [0.717, 1.165) is 20.9 Å². The van der Waals surface area contributed by atoms with Crippen molar-refractivity contribution in [3.05, 3.63) is 35.5 Å². The molecule has 0 atom stereocenters. The lowest BCUT2D eigenvalue weighted by Gasteiger charge is -2.05. The molecule has 6 heteroatoms. The molecule has 3 rings (SSSR count). The monoisotopic (exact) mass is 288 g/mol. The van der Waals surface area contributed by atoms with E-state index in [9.17, 15) is 0 Å². The van der Waals surface area contributed by atoms with E-state index in [-0.39, 0.29) is 0 Å². The Balaban J connectivity index is 1.98. The van der Waals surface area contributed by atoms with E-state index in [1.807, 2.05) is 24.3 Å². The van der Waals surface area contributed by atoms with Crippen LogP contribution in [0.1, 0.15) is 10.7 Å². The predicted molar refractivity (Wildman–Crippen MR) is 78.2 cm³/mol. The van der Waals surface area contributed by atoms with Gasteiger partial charge in [-0.05, 0) is 12.2 Å². The van der Waals surface area contributed by atoms with Crippen molar-refractivity contribution in [1.82, 2.24) is 9.97 Å². The number of rotatable bonds is 4. The highest BCUT2D eigenvalue weighted by atomic mass is 32.1. The molecule has 0 aliphatic heterocycles. The molecule has 0 saturated heterocycles. The highest BCUT2D eigenvalue weighted by molar-refractivity contribution is 7.19. The Morgan fingerprint density at radius 1 is 1.15 bits per heavy atom. The largest absolute Gasteiger partial charge is 0.493 e. The molecule has 0 spiro atoms. The minimum absolute atomic E-state index is 0.678. The Hall–Kier alpha value is -2.34. The zero-order valence-electron chi connectivity index (χ0n) is 11.0. The zero-order valence-corrected chi connectivity index (χ0v) is 11.8. The SMILES string of the molecule is COc1cc2nc(C=Cc3cocn3)sc2cc1OC. The fourth-order valence-electron chi connectivity index (χ4n) is 1.81. The van der Waals surface area contributed by atoms with Crippen LogP contribution >= 0.6 is 11.3 Å². The molecule has 102 valence electrons. The third kappa shape index (κ3) is 2.37. The van der Waals surface area contributed by atoms with Crippen LogP contribution in [0.15, 0.2) is 29.2 Å². The van der Waals surface area contributed by atoms with E-state index >= 15 is 0 Å². The molecule has 3 aromatic rings. The minimum Gasteiger partial charge on any atom is -0.493 e. The van der Waals surface area contributed by atoms with Crippen molar-refractivity contribution >= 4 is 33.7 Å². The first kappa shape index (κ1) is 12.7. The fourth-order valence-corrected chi connectivity index (χ4v) is 2.69. The maximum atomic E-state index is 5.29. The number of ether oxygens (including phenoxy) is 2. The summed E-state index contributed by atoms with van der Waals surface area (Å²) in [7, 11) is 3.23. The van der Waals surface area contributed by atoms with Crippen molar-refractivity contribution in [3.63, 3.8) is 0 Å². The van der Waals surface area contributed by atoms with E-state index in [4.69, 9.17) is 13.9 Å². The van der Waals surface area contributed by atoms with Gasteiger partial charge in [-0.25, -0.2) is 9.97 Å². The standard InChI is InChI=1S/C14H12N2O3S/c1-17-11-5-10-13(6-12(11)18-2)20-14(16-10)4-3-9-7-19-8-15-9/h3-8H,1-2H3. The van der Waals surface area contributed by atoms with Gasteiger partial charge in [0.2, 0.25) is 0 Å². The van der Waals surface area contributed by atoms with Gasteiger partial charge in [0.05, 0.1) is 24.4 Å². The number of benzene rings is 1. The van der Waals surface area contributed by atoms with Crippen LogP contribution in [0.4, 0.5) is 0 Å². The molecule has 0 saturated carbocycles. The lowest BCUT2D eigenvalue weighted by atomic mass is 10.3. The van der Waals surface area contributed by atoms with Gasteiger partial charge in [0.25, 0.3) is 0 Å². The molecule has 0 aliphatic carbocycles. The summed E-state index contributed by atoms with van der Waals surface area (Å²) in [5.74, 6) is 1.38. The third-order valence-electron chi connectivity index (χ3n) is 2.76. The summed E-state index contributed by atoms with van der Waals surface area (Å²) in [5.41, 5.74) is 1.65. The number of oxazole rings is 1. The summed E-state index contributed by atoms with van der Waals surface area (Å²) < 4.78 is 16.5. The van der Waals surface area contributed by atoms with Crippen LogP contribution in [-0.4, -0.2) is 24.2 Å². The van der Waals surface area contributed by atoms with Crippen LogP contribution in [0.2, 0.25) is 0 Å². The van der Waals surface area contributed by atoms with Crippen LogP contribution < -0.4 is 9.47 Å². The number of hydrogen-bond donors (Lipinski definition) is 0. The Morgan fingerprint density at radius 2 is 1.95 bits per heavy atom. The number of nitrogens with zero attached hydrogens (tertiary/aromatic N) is 2. The lowest BCUT2D eigenvalue weighted by molar-refractivity contribution is 0.356. The molecule has 0 aliphatic rings. The summed E-state index contributed by atoms with van der Waals surface area (Å²) in [5, 5.41) is 0.887. The number of fused-ring (bicyclic) bond motifs is 1. The molecule has 2 heterocycles. The van der Waals surface area contributed by atoms with Gasteiger partial charge in [-0.3, -0.25) is 0 Å². The maximum absolute atomic E-state index is 5.29. The minimum atomic E-state index is 0.678. The molecule has 0 unspecified atom stereocenters. The van der Waals surface area contributed by atoms with Crippen molar-refractivity contribution in [1.29, 1.82) is 0 Å². The van der Waals surface area contributed by atoms with Gasteiger partial charge in [0.15, 0.2) is 17.9 Å². The predicted octanol–water partition coefficient (Wildman–Crippen LogP) is 3.47. The number of thiazole rings is 1. The van der Waals surface area contributed by atoms with Crippen LogP contribution in [0, 0.1) is 0 Å². The summed E-state index contributed by atoms with van der Waals surface area (Å²) in [6, 6.07) is 3.80. The van der Waals surface area contributed by atoms with Gasteiger partial charge in [-0.2, -0.15) is 0 Å². The van der Waals surface area contributed by atoms with Gasteiger partial charge >= 0.3 is 0 Å². The second-order valence-electron chi connectivity index (χ2n) is 3.97. The third-order valence-corrected chi connectivity index (χ3v) is 3.74. The molecular formula is C14H12N2O3S. The smallest absolute Gasteiger partial charge is 0.181 e. The molecule has 2 aromatic heterocycles. The molecular weight excluding hydrogens is 276 g/mol. The summed E-state index contributed by atoms with van der Waals surface area (Å²) in [4.78, 5) is 8.56. The van der Waals surface area contributed by atoms with Gasteiger partial charge in [0, 0.05) is 12.1 Å². The summed E-state index contributed by atoms with van der Waals surface area (Å²) in [6.07, 6.45) is 6.74. The first-order valence-electron chi connectivity index (χ1n) is 5.89. The van der Waals surface area contributed by atoms with Gasteiger partial charge in [0.1, 0.15) is 17.0 Å². The zero-order chi connectivity index (χ0) is 13.9. The molecule has 20 heavy (non-hydrogen) atoms. The van der Waals surface area contributed by atoms with Crippen molar-refractivity contribution in [2.75, 3.05) is 14.2 Å². The molecule has 1 aromatic carbocycles. The van der Waals surface area contributed by atoms with Crippen LogP contribution in [0.3, 0.4) is 0 Å². The molecule has 0 bridgehead atoms. The lowest BCUT2D eigenvalue weighted by Crippen LogP contribution is -1.89. The van der Waals surface area contributed by atoms with E-state index in [0.29, 0.717) is 11.5 Å². The fraction of sp³-hybridized carbons (Fsp3) is 0.143.